The highest BCUT2D eigenvalue weighted by atomic mass is 16.2. The molecule has 1 aliphatic heterocycles. The molecule has 1 aliphatic rings. The molecular formula is C25H26N2O. The molecule has 0 saturated carbocycles. The second kappa shape index (κ2) is 7.61. The number of nitrogens with zero attached hydrogens (tertiary/aromatic N) is 2. The van der Waals surface area contributed by atoms with Crippen LogP contribution in [0.15, 0.2) is 84.9 Å². The molecule has 0 aromatic heterocycles. The van der Waals surface area contributed by atoms with Gasteiger partial charge < -0.3 is 4.90 Å². The summed E-state index contributed by atoms with van der Waals surface area (Å²) in [5.41, 5.74) is 3.89. The minimum Gasteiger partial charge on any atom is -0.313 e. The molecule has 0 aliphatic carbocycles. The van der Waals surface area contributed by atoms with Crippen molar-refractivity contribution in [1.29, 1.82) is 0 Å². The molecule has 1 heterocycles. The number of amides is 1. The highest BCUT2D eigenvalue weighted by Gasteiger charge is 2.52. The van der Waals surface area contributed by atoms with Crippen molar-refractivity contribution >= 4 is 11.6 Å². The Hall–Kier alpha value is -2.91. The van der Waals surface area contributed by atoms with Crippen LogP contribution in [-0.4, -0.2) is 17.9 Å². The van der Waals surface area contributed by atoms with E-state index in [1.807, 2.05) is 42.3 Å². The van der Waals surface area contributed by atoms with Crippen LogP contribution in [0.2, 0.25) is 0 Å². The van der Waals surface area contributed by atoms with Gasteiger partial charge in [-0.3, -0.25) is 9.69 Å². The summed E-state index contributed by atoms with van der Waals surface area (Å²) in [7, 11) is 1.89. The van der Waals surface area contributed by atoms with Gasteiger partial charge in [-0.05, 0) is 23.6 Å². The van der Waals surface area contributed by atoms with Crippen LogP contribution in [-0.2, 0) is 23.4 Å². The third-order valence-electron chi connectivity index (χ3n) is 5.85. The number of anilines is 1. The molecule has 142 valence electrons. The lowest BCUT2D eigenvalue weighted by Crippen LogP contribution is -2.51. The molecule has 0 radical (unpaired) electrons. The maximum absolute atomic E-state index is 13.6. The Balaban J connectivity index is 1.83. The zero-order valence-electron chi connectivity index (χ0n) is 16.5. The number of fused-ring (bicyclic) bond motifs is 1. The van der Waals surface area contributed by atoms with E-state index in [1.54, 1.807) is 0 Å². The Morgan fingerprint density at radius 3 is 1.82 bits per heavy atom. The molecule has 0 N–H and O–H groups in total. The van der Waals surface area contributed by atoms with Crippen molar-refractivity contribution in [3.05, 3.63) is 102 Å². The molecule has 3 aromatic carbocycles. The molecule has 3 heteroatoms. The van der Waals surface area contributed by atoms with Gasteiger partial charge in [0.15, 0.2) is 0 Å². The molecule has 28 heavy (non-hydrogen) atoms. The van der Waals surface area contributed by atoms with Crippen LogP contribution in [0.5, 0.6) is 0 Å². The van der Waals surface area contributed by atoms with Crippen molar-refractivity contribution in [3.8, 4) is 0 Å². The van der Waals surface area contributed by atoms with Crippen LogP contribution in [0.4, 0.5) is 5.69 Å². The number of carbonyl (C=O) groups is 1. The number of para-hydroxylation sites is 1. The molecule has 0 fully saturated rings. The summed E-state index contributed by atoms with van der Waals surface area (Å²) >= 11 is 0. The lowest BCUT2D eigenvalue weighted by molar-refractivity contribution is -0.131. The largest absolute Gasteiger partial charge is 0.313 e. The van der Waals surface area contributed by atoms with Crippen molar-refractivity contribution in [2.75, 3.05) is 11.9 Å². The summed E-state index contributed by atoms with van der Waals surface area (Å²) in [6, 6.07) is 29.1. The quantitative estimate of drug-likeness (QED) is 0.611. The minimum absolute atomic E-state index is 0.156. The van der Waals surface area contributed by atoms with E-state index < -0.39 is 5.54 Å². The van der Waals surface area contributed by atoms with Gasteiger partial charge in [-0.1, -0.05) is 85.8 Å². The van der Waals surface area contributed by atoms with Crippen molar-refractivity contribution in [2.45, 2.75) is 32.0 Å². The standard InChI is InChI=1S/C25H26N2O/c1-3-25(22-16-10-11-17-23(22)26(2)24(25)28)27(18-20-12-6-4-7-13-20)19-21-14-8-5-9-15-21/h4-17H,3,18-19H2,1-2H3. The number of benzene rings is 3. The monoisotopic (exact) mass is 370 g/mol. The summed E-state index contributed by atoms with van der Waals surface area (Å²) in [4.78, 5) is 17.8. The Labute approximate surface area is 167 Å². The van der Waals surface area contributed by atoms with Crippen molar-refractivity contribution in [3.63, 3.8) is 0 Å². The van der Waals surface area contributed by atoms with Crippen LogP contribution in [0.25, 0.3) is 0 Å². The summed E-state index contributed by atoms with van der Waals surface area (Å²) in [6.45, 7) is 3.56. The van der Waals surface area contributed by atoms with Crippen LogP contribution < -0.4 is 4.90 Å². The van der Waals surface area contributed by atoms with Crippen LogP contribution in [0.3, 0.4) is 0 Å². The van der Waals surface area contributed by atoms with E-state index in [4.69, 9.17) is 0 Å². The predicted molar refractivity (Wildman–Crippen MR) is 114 cm³/mol. The second-order valence-electron chi connectivity index (χ2n) is 7.42. The average molecular weight is 370 g/mol. The first-order chi connectivity index (χ1) is 13.7. The zero-order valence-corrected chi connectivity index (χ0v) is 16.5. The Kier molecular flexibility index (Phi) is 5.01. The van der Waals surface area contributed by atoms with Gasteiger partial charge >= 0.3 is 0 Å². The van der Waals surface area contributed by atoms with Gasteiger partial charge in [-0.25, -0.2) is 0 Å². The molecule has 3 aromatic rings. The molecule has 1 unspecified atom stereocenters. The first kappa shape index (κ1) is 18.5. The van der Waals surface area contributed by atoms with E-state index in [-0.39, 0.29) is 5.91 Å². The Morgan fingerprint density at radius 2 is 1.29 bits per heavy atom. The smallest absolute Gasteiger partial charge is 0.251 e. The SMILES string of the molecule is CCC1(N(Cc2ccccc2)Cc2ccccc2)C(=O)N(C)c2ccccc21. The third-order valence-corrected chi connectivity index (χ3v) is 5.85. The second-order valence-corrected chi connectivity index (χ2v) is 7.42. The Bertz CT molecular complexity index is 913. The molecular weight excluding hydrogens is 344 g/mol. The van der Waals surface area contributed by atoms with E-state index in [2.05, 4.69) is 66.4 Å². The zero-order chi connectivity index (χ0) is 19.6. The molecule has 0 bridgehead atoms. The highest BCUT2D eigenvalue weighted by Crippen LogP contribution is 2.46. The molecule has 4 rings (SSSR count). The highest BCUT2D eigenvalue weighted by molar-refractivity contribution is 6.07. The number of rotatable bonds is 6. The van der Waals surface area contributed by atoms with E-state index in [0.29, 0.717) is 0 Å². The van der Waals surface area contributed by atoms with Crippen LogP contribution in [0, 0.1) is 0 Å². The normalized spacial score (nSPS) is 18.5. The van der Waals surface area contributed by atoms with E-state index in [9.17, 15) is 4.79 Å². The van der Waals surface area contributed by atoms with E-state index in [0.717, 1.165) is 30.8 Å². The Morgan fingerprint density at radius 1 is 0.786 bits per heavy atom. The number of carbonyl (C=O) groups excluding carboxylic acids is 1. The lowest BCUT2D eigenvalue weighted by Gasteiger charge is -2.40. The summed E-state index contributed by atoms with van der Waals surface area (Å²) in [5, 5.41) is 0. The van der Waals surface area contributed by atoms with Gasteiger partial charge in [0.05, 0.1) is 0 Å². The fraction of sp³-hybridized carbons (Fsp3) is 0.240. The average Bonchev–Trinajstić information content (AvgIpc) is 2.97. The minimum atomic E-state index is -0.656. The van der Waals surface area contributed by atoms with Crippen molar-refractivity contribution < 1.29 is 4.79 Å². The van der Waals surface area contributed by atoms with Crippen LogP contribution in [0.1, 0.15) is 30.0 Å². The first-order valence-electron chi connectivity index (χ1n) is 9.87. The summed E-state index contributed by atoms with van der Waals surface area (Å²) in [6.07, 6.45) is 0.729. The fourth-order valence-corrected chi connectivity index (χ4v) is 4.42. The van der Waals surface area contributed by atoms with Crippen LogP contribution >= 0.6 is 0 Å². The molecule has 0 saturated heterocycles. The molecule has 0 spiro atoms. The topological polar surface area (TPSA) is 23.6 Å². The third kappa shape index (κ3) is 3.02. The van der Waals surface area contributed by atoms with Crippen molar-refractivity contribution in [2.24, 2.45) is 0 Å². The summed E-state index contributed by atoms with van der Waals surface area (Å²) < 4.78 is 0. The number of hydrogen-bond donors (Lipinski definition) is 0. The predicted octanol–water partition coefficient (Wildman–Crippen LogP) is 4.97. The molecule has 3 nitrogen and oxygen atoms in total. The van der Waals surface area contributed by atoms with Gasteiger partial charge in [0.25, 0.3) is 5.91 Å². The van der Waals surface area contributed by atoms with Gasteiger partial charge in [-0.15, -0.1) is 0 Å². The molecule has 1 atom stereocenters. The van der Waals surface area contributed by atoms with Gasteiger partial charge in [0.1, 0.15) is 5.54 Å². The summed E-state index contributed by atoms with van der Waals surface area (Å²) in [5.74, 6) is 0.156. The number of likely N-dealkylation sites (N-methyl/N-ethyl adjacent to an activating group) is 1. The fourth-order valence-electron chi connectivity index (χ4n) is 4.42. The molecule has 1 amide bonds. The van der Waals surface area contributed by atoms with Gasteiger partial charge in [0.2, 0.25) is 0 Å². The maximum Gasteiger partial charge on any atom is 0.251 e. The van der Waals surface area contributed by atoms with E-state index in [1.165, 1.54) is 11.1 Å². The maximum atomic E-state index is 13.6. The lowest BCUT2D eigenvalue weighted by atomic mass is 9.85. The van der Waals surface area contributed by atoms with E-state index >= 15 is 0 Å². The number of hydrogen-bond acceptors (Lipinski definition) is 2. The van der Waals surface area contributed by atoms with Crippen molar-refractivity contribution in [1.82, 2.24) is 4.90 Å². The first-order valence-corrected chi connectivity index (χ1v) is 9.87. The van der Waals surface area contributed by atoms with Gasteiger partial charge in [-0.2, -0.15) is 0 Å². The van der Waals surface area contributed by atoms with Gasteiger partial charge in [0, 0.05) is 31.4 Å².